The summed E-state index contributed by atoms with van der Waals surface area (Å²) < 4.78 is 15.1. The SMILES string of the molecule is O=C(O)c1nn(-c2ccccc2)c2c1CN(C(=O)c1cccc(F)c1)CC2. The summed E-state index contributed by atoms with van der Waals surface area (Å²) >= 11 is 0. The van der Waals surface area contributed by atoms with Crippen LogP contribution in [0.4, 0.5) is 4.39 Å². The molecule has 27 heavy (non-hydrogen) atoms. The predicted octanol–water partition coefficient (Wildman–Crippen LogP) is 2.91. The van der Waals surface area contributed by atoms with Crippen molar-refractivity contribution in [1.29, 1.82) is 0 Å². The molecule has 2 heterocycles. The Balaban J connectivity index is 1.71. The highest BCUT2D eigenvalue weighted by Gasteiger charge is 2.30. The number of carbonyl (C=O) groups excluding carboxylic acids is 1. The van der Waals surface area contributed by atoms with E-state index in [2.05, 4.69) is 5.10 Å². The van der Waals surface area contributed by atoms with Crippen LogP contribution in [0.25, 0.3) is 5.69 Å². The Morgan fingerprint density at radius 3 is 2.56 bits per heavy atom. The van der Waals surface area contributed by atoms with Gasteiger partial charge in [-0.1, -0.05) is 24.3 Å². The number of halogens is 1. The predicted molar refractivity (Wildman–Crippen MR) is 95.4 cm³/mol. The molecule has 1 aliphatic heterocycles. The van der Waals surface area contributed by atoms with E-state index in [0.29, 0.717) is 18.5 Å². The Bertz CT molecular complexity index is 1030. The van der Waals surface area contributed by atoms with E-state index in [1.807, 2.05) is 30.3 Å². The van der Waals surface area contributed by atoms with Crippen LogP contribution in [0.2, 0.25) is 0 Å². The maximum Gasteiger partial charge on any atom is 0.356 e. The molecule has 1 aliphatic rings. The van der Waals surface area contributed by atoms with Crippen LogP contribution in [0.15, 0.2) is 54.6 Å². The minimum Gasteiger partial charge on any atom is -0.476 e. The summed E-state index contributed by atoms with van der Waals surface area (Å²) in [7, 11) is 0. The van der Waals surface area contributed by atoms with E-state index in [4.69, 9.17) is 0 Å². The zero-order valence-electron chi connectivity index (χ0n) is 14.3. The molecule has 4 rings (SSSR count). The van der Waals surface area contributed by atoms with Crippen LogP contribution < -0.4 is 0 Å². The number of carbonyl (C=O) groups is 2. The number of amides is 1. The molecule has 0 fully saturated rings. The van der Waals surface area contributed by atoms with Gasteiger partial charge in [-0.15, -0.1) is 0 Å². The van der Waals surface area contributed by atoms with Crippen LogP contribution in [0, 0.1) is 5.82 Å². The first kappa shape index (κ1) is 17.0. The smallest absolute Gasteiger partial charge is 0.356 e. The number of nitrogens with zero attached hydrogens (tertiary/aromatic N) is 3. The number of aromatic nitrogens is 2. The summed E-state index contributed by atoms with van der Waals surface area (Å²) in [5.74, 6) is -1.95. The van der Waals surface area contributed by atoms with Crippen molar-refractivity contribution in [2.24, 2.45) is 0 Å². The minimum absolute atomic E-state index is 0.0643. The lowest BCUT2D eigenvalue weighted by Crippen LogP contribution is -2.36. The molecule has 0 radical (unpaired) electrons. The van der Waals surface area contributed by atoms with Crippen molar-refractivity contribution in [2.45, 2.75) is 13.0 Å². The molecule has 0 bridgehead atoms. The van der Waals surface area contributed by atoms with E-state index in [0.717, 1.165) is 11.4 Å². The third-order valence-electron chi connectivity index (χ3n) is 4.62. The summed E-state index contributed by atoms with van der Waals surface area (Å²) in [5.41, 5.74) is 2.24. The van der Waals surface area contributed by atoms with Crippen molar-refractivity contribution in [3.63, 3.8) is 0 Å². The normalized spacial score (nSPS) is 13.3. The summed E-state index contributed by atoms with van der Waals surface area (Å²) in [4.78, 5) is 25.9. The van der Waals surface area contributed by atoms with Crippen molar-refractivity contribution in [1.82, 2.24) is 14.7 Å². The number of fused-ring (bicyclic) bond motifs is 1. The molecule has 0 aliphatic carbocycles. The van der Waals surface area contributed by atoms with E-state index < -0.39 is 11.8 Å². The molecule has 0 saturated heterocycles. The maximum atomic E-state index is 13.4. The Morgan fingerprint density at radius 2 is 1.85 bits per heavy atom. The van der Waals surface area contributed by atoms with E-state index in [1.165, 1.54) is 23.1 Å². The van der Waals surface area contributed by atoms with E-state index in [1.54, 1.807) is 10.7 Å². The first-order valence-electron chi connectivity index (χ1n) is 8.49. The third kappa shape index (κ3) is 3.08. The van der Waals surface area contributed by atoms with Crippen molar-refractivity contribution in [2.75, 3.05) is 6.54 Å². The number of para-hydroxylation sites is 1. The summed E-state index contributed by atoms with van der Waals surface area (Å²) in [5, 5.41) is 13.8. The van der Waals surface area contributed by atoms with Gasteiger partial charge in [0.15, 0.2) is 5.69 Å². The molecule has 7 heteroatoms. The lowest BCUT2D eigenvalue weighted by atomic mass is 10.0. The van der Waals surface area contributed by atoms with Crippen LogP contribution in [0.5, 0.6) is 0 Å². The third-order valence-corrected chi connectivity index (χ3v) is 4.62. The maximum absolute atomic E-state index is 13.4. The van der Waals surface area contributed by atoms with Crippen molar-refractivity contribution in [3.8, 4) is 5.69 Å². The van der Waals surface area contributed by atoms with Gasteiger partial charge in [-0.25, -0.2) is 13.9 Å². The topological polar surface area (TPSA) is 75.4 Å². The van der Waals surface area contributed by atoms with Crippen LogP contribution in [0.3, 0.4) is 0 Å². The number of hydrogen-bond acceptors (Lipinski definition) is 3. The zero-order chi connectivity index (χ0) is 19.0. The van der Waals surface area contributed by atoms with Crippen LogP contribution in [-0.4, -0.2) is 38.2 Å². The van der Waals surface area contributed by atoms with Gasteiger partial charge in [0.05, 0.1) is 17.9 Å². The molecule has 1 N–H and O–H groups in total. The lowest BCUT2D eigenvalue weighted by Gasteiger charge is -2.27. The first-order chi connectivity index (χ1) is 13.0. The molecule has 0 unspecified atom stereocenters. The largest absolute Gasteiger partial charge is 0.476 e. The first-order valence-corrected chi connectivity index (χ1v) is 8.49. The molecular weight excluding hydrogens is 349 g/mol. The van der Waals surface area contributed by atoms with Gasteiger partial charge in [0.25, 0.3) is 5.91 Å². The minimum atomic E-state index is -1.14. The number of rotatable bonds is 3. The second-order valence-corrected chi connectivity index (χ2v) is 6.31. The summed E-state index contributed by atoms with van der Waals surface area (Å²) in [6.45, 7) is 0.527. The van der Waals surface area contributed by atoms with E-state index >= 15 is 0 Å². The number of hydrogen-bond donors (Lipinski definition) is 1. The summed E-state index contributed by atoms with van der Waals surface area (Å²) in [6.07, 6.45) is 0.464. The molecule has 0 spiro atoms. The quantitative estimate of drug-likeness (QED) is 0.774. The highest BCUT2D eigenvalue weighted by Crippen LogP contribution is 2.26. The molecule has 0 atom stereocenters. The molecule has 2 aromatic carbocycles. The standard InChI is InChI=1S/C20H16FN3O3/c21-14-6-4-5-13(11-14)19(25)23-10-9-17-16(12-23)18(20(26)27)22-24(17)15-7-2-1-3-8-15/h1-8,11H,9-10,12H2,(H,26,27). The molecule has 1 amide bonds. The second kappa shape index (κ2) is 6.68. The molecule has 6 nitrogen and oxygen atoms in total. The lowest BCUT2D eigenvalue weighted by molar-refractivity contribution is 0.0674. The number of aromatic carboxylic acids is 1. The van der Waals surface area contributed by atoms with Gasteiger partial charge in [-0.05, 0) is 30.3 Å². The molecule has 3 aromatic rings. The van der Waals surface area contributed by atoms with Gasteiger partial charge < -0.3 is 10.0 Å². The van der Waals surface area contributed by atoms with Gasteiger partial charge in [-0.2, -0.15) is 5.10 Å². The second-order valence-electron chi connectivity index (χ2n) is 6.31. The fourth-order valence-electron chi connectivity index (χ4n) is 3.35. The van der Waals surface area contributed by atoms with Crippen LogP contribution in [0.1, 0.15) is 32.1 Å². The average Bonchev–Trinajstić information content (AvgIpc) is 3.07. The highest BCUT2D eigenvalue weighted by molar-refractivity contribution is 5.95. The average molecular weight is 365 g/mol. The fourth-order valence-corrected chi connectivity index (χ4v) is 3.35. The van der Waals surface area contributed by atoms with Crippen molar-refractivity contribution in [3.05, 3.63) is 82.9 Å². The Hall–Kier alpha value is -3.48. The Kier molecular flexibility index (Phi) is 4.19. The zero-order valence-corrected chi connectivity index (χ0v) is 14.3. The molecule has 136 valence electrons. The molecule has 0 saturated carbocycles. The van der Waals surface area contributed by atoms with Crippen LogP contribution in [-0.2, 0) is 13.0 Å². The monoisotopic (exact) mass is 365 g/mol. The van der Waals surface area contributed by atoms with Crippen molar-refractivity contribution >= 4 is 11.9 Å². The highest BCUT2D eigenvalue weighted by atomic mass is 19.1. The van der Waals surface area contributed by atoms with Gasteiger partial charge in [0.2, 0.25) is 0 Å². The van der Waals surface area contributed by atoms with Crippen LogP contribution >= 0.6 is 0 Å². The number of carboxylic acid groups (broad SMARTS) is 1. The van der Waals surface area contributed by atoms with Gasteiger partial charge >= 0.3 is 5.97 Å². The Morgan fingerprint density at radius 1 is 1.07 bits per heavy atom. The molecule has 1 aromatic heterocycles. The summed E-state index contributed by atoms with van der Waals surface area (Å²) in [6, 6.07) is 14.8. The van der Waals surface area contributed by atoms with E-state index in [9.17, 15) is 19.1 Å². The van der Waals surface area contributed by atoms with Gasteiger partial charge in [0, 0.05) is 24.1 Å². The van der Waals surface area contributed by atoms with Gasteiger partial charge in [0.1, 0.15) is 5.82 Å². The molecular formula is C20H16FN3O3. The van der Waals surface area contributed by atoms with Crippen molar-refractivity contribution < 1.29 is 19.1 Å². The van der Waals surface area contributed by atoms with Gasteiger partial charge in [-0.3, -0.25) is 4.79 Å². The Labute approximate surface area is 154 Å². The fraction of sp³-hybridized carbons (Fsp3) is 0.150. The number of benzene rings is 2. The van der Waals surface area contributed by atoms with E-state index in [-0.39, 0.29) is 23.7 Å². The number of carboxylic acids is 1.